The van der Waals surface area contributed by atoms with Crippen LogP contribution in [0.3, 0.4) is 0 Å². The second-order valence-corrected chi connectivity index (χ2v) is 8.00. The van der Waals surface area contributed by atoms with E-state index in [0.29, 0.717) is 0 Å². The highest BCUT2D eigenvalue weighted by Gasteiger charge is 2.35. The lowest BCUT2D eigenvalue weighted by molar-refractivity contribution is -0.141. The zero-order chi connectivity index (χ0) is 18.7. The van der Waals surface area contributed by atoms with E-state index >= 15 is 0 Å². The van der Waals surface area contributed by atoms with E-state index in [4.69, 9.17) is 4.74 Å². The van der Waals surface area contributed by atoms with Crippen LogP contribution in [0.4, 0.5) is 0 Å². The van der Waals surface area contributed by atoms with Crippen LogP contribution in [0.2, 0.25) is 0 Å². The van der Waals surface area contributed by atoms with E-state index < -0.39 is 5.54 Å². The molecular formula is C19H25BrN4O2. The number of hydrogen-bond donors (Lipinski definition) is 0. The van der Waals surface area contributed by atoms with Crippen molar-refractivity contribution >= 4 is 21.8 Å². The predicted molar refractivity (Wildman–Crippen MR) is 104 cm³/mol. The van der Waals surface area contributed by atoms with Crippen LogP contribution >= 0.6 is 15.9 Å². The van der Waals surface area contributed by atoms with Gasteiger partial charge in [0.05, 0.1) is 17.8 Å². The van der Waals surface area contributed by atoms with Gasteiger partial charge in [-0.05, 0) is 47.5 Å². The van der Waals surface area contributed by atoms with E-state index in [1.807, 2.05) is 37.1 Å². The fourth-order valence-corrected chi connectivity index (χ4v) is 3.52. The maximum atomic E-state index is 13.0. The average molecular weight is 421 g/mol. The van der Waals surface area contributed by atoms with Gasteiger partial charge in [-0.15, -0.1) is 0 Å². The highest BCUT2D eigenvalue weighted by Crippen LogP contribution is 2.22. The standard InChI is InChI=1S/C19H25BrN4O2/c1-19(2,24-14-16(20)12-21-24)18(25)23-9-7-22(8-10-23)13-15-5-4-6-17(11-15)26-3/h4-6,11-12,14H,7-10,13H2,1-3H3. The normalized spacial score (nSPS) is 15.9. The van der Waals surface area contributed by atoms with Gasteiger partial charge in [-0.2, -0.15) is 5.10 Å². The van der Waals surface area contributed by atoms with Crippen LogP contribution in [0.25, 0.3) is 0 Å². The number of piperazine rings is 1. The number of nitrogens with zero attached hydrogens (tertiary/aromatic N) is 4. The van der Waals surface area contributed by atoms with Crippen molar-refractivity contribution in [2.45, 2.75) is 25.9 Å². The number of amides is 1. The summed E-state index contributed by atoms with van der Waals surface area (Å²) in [7, 11) is 1.68. The molecule has 0 radical (unpaired) electrons. The fraction of sp³-hybridized carbons (Fsp3) is 0.474. The van der Waals surface area contributed by atoms with Gasteiger partial charge < -0.3 is 9.64 Å². The molecule has 1 aliphatic heterocycles. The van der Waals surface area contributed by atoms with Crippen LogP contribution in [-0.4, -0.2) is 58.8 Å². The summed E-state index contributed by atoms with van der Waals surface area (Å²) < 4.78 is 7.89. The number of hydrogen-bond acceptors (Lipinski definition) is 4. The number of rotatable bonds is 5. The number of carbonyl (C=O) groups excluding carboxylic acids is 1. The van der Waals surface area contributed by atoms with Gasteiger partial charge in [0.15, 0.2) is 0 Å². The molecule has 1 amide bonds. The largest absolute Gasteiger partial charge is 0.497 e. The van der Waals surface area contributed by atoms with Gasteiger partial charge >= 0.3 is 0 Å². The zero-order valence-corrected chi connectivity index (χ0v) is 17.1. The van der Waals surface area contributed by atoms with Crippen LogP contribution in [0.1, 0.15) is 19.4 Å². The molecule has 3 rings (SSSR count). The molecule has 0 spiro atoms. The molecule has 1 aromatic carbocycles. The quantitative estimate of drug-likeness (QED) is 0.745. The summed E-state index contributed by atoms with van der Waals surface area (Å²) in [5, 5.41) is 4.29. The minimum atomic E-state index is -0.693. The third-order valence-electron chi connectivity index (χ3n) is 4.85. The monoisotopic (exact) mass is 420 g/mol. The van der Waals surface area contributed by atoms with E-state index in [-0.39, 0.29) is 5.91 Å². The van der Waals surface area contributed by atoms with E-state index in [9.17, 15) is 4.79 Å². The van der Waals surface area contributed by atoms with Gasteiger partial charge in [-0.3, -0.25) is 14.4 Å². The number of aromatic nitrogens is 2. The fourth-order valence-electron chi connectivity index (χ4n) is 3.23. The Morgan fingerprint density at radius 3 is 2.62 bits per heavy atom. The highest BCUT2D eigenvalue weighted by molar-refractivity contribution is 9.10. The lowest BCUT2D eigenvalue weighted by Crippen LogP contribution is -2.54. The molecule has 26 heavy (non-hydrogen) atoms. The molecule has 0 bridgehead atoms. The zero-order valence-electron chi connectivity index (χ0n) is 15.5. The summed E-state index contributed by atoms with van der Waals surface area (Å²) in [5.41, 5.74) is 0.534. The van der Waals surface area contributed by atoms with E-state index in [1.165, 1.54) is 5.56 Å². The molecular weight excluding hydrogens is 396 g/mol. The molecule has 140 valence electrons. The van der Waals surface area contributed by atoms with Crippen LogP contribution in [0, 0.1) is 0 Å². The minimum Gasteiger partial charge on any atom is -0.497 e. The molecule has 0 N–H and O–H groups in total. The third-order valence-corrected chi connectivity index (χ3v) is 5.26. The molecule has 2 aromatic rings. The highest BCUT2D eigenvalue weighted by atomic mass is 79.9. The lowest BCUT2D eigenvalue weighted by Gasteiger charge is -2.38. The van der Waals surface area contributed by atoms with Crippen molar-refractivity contribution in [3.05, 3.63) is 46.7 Å². The average Bonchev–Trinajstić information content (AvgIpc) is 3.09. The topological polar surface area (TPSA) is 50.6 Å². The Bertz CT molecular complexity index is 766. The summed E-state index contributed by atoms with van der Waals surface area (Å²) >= 11 is 3.40. The number of benzene rings is 1. The van der Waals surface area contributed by atoms with Gasteiger partial charge in [0.2, 0.25) is 5.91 Å². The van der Waals surface area contributed by atoms with Gasteiger partial charge in [-0.25, -0.2) is 0 Å². The van der Waals surface area contributed by atoms with Gasteiger partial charge in [0.25, 0.3) is 0 Å². The second-order valence-electron chi connectivity index (χ2n) is 7.08. The molecule has 1 aliphatic rings. The molecule has 0 atom stereocenters. The molecule has 1 saturated heterocycles. The van der Waals surface area contributed by atoms with Crippen molar-refractivity contribution in [3.63, 3.8) is 0 Å². The first-order valence-electron chi connectivity index (χ1n) is 8.75. The van der Waals surface area contributed by atoms with Gasteiger partial charge in [-0.1, -0.05) is 12.1 Å². The lowest BCUT2D eigenvalue weighted by atomic mass is 10.0. The van der Waals surface area contributed by atoms with Gasteiger partial charge in [0.1, 0.15) is 11.3 Å². The van der Waals surface area contributed by atoms with Crippen molar-refractivity contribution in [2.75, 3.05) is 33.3 Å². The Kier molecular flexibility index (Phi) is 5.67. The molecule has 0 saturated carbocycles. The second kappa shape index (κ2) is 7.80. The first-order chi connectivity index (χ1) is 12.4. The SMILES string of the molecule is COc1cccc(CN2CCN(C(=O)C(C)(C)n3cc(Br)cn3)CC2)c1. The van der Waals surface area contributed by atoms with Crippen LogP contribution in [0.15, 0.2) is 41.1 Å². The summed E-state index contributed by atoms with van der Waals surface area (Å²) in [5.74, 6) is 0.984. The molecule has 1 fully saturated rings. The first-order valence-corrected chi connectivity index (χ1v) is 9.55. The van der Waals surface area contributed by atoms with Crippen molar-refractivity contribution < 1.29 is 9.53 Å². The number of methoxy groups -OCH3 is 1. The summed E-state index contributed by atoms with van der Waals surface area (Å²) in [6, 6.07) is 8.14. The summed E-state index contributed by atoms with van der Waals surface area (Å²) in [6.45, 7) is 7.89. The molecule has 6 nitrogen and oxygen atoms in total. The molecule has 2 heterocycles. The van der Waals surface area contributed by atoms with E-state index in [0.717, 1.165) is 42.9 Å². The third kappa shape index (κ3) is 4.10. The summed E-state index contributed by atoms with van der Waals surface area (Å²) in [6.07, 6.45) is 3.55. The van der Waals surface area contributed by atoms with E-state index in [1.54, 1.807) is 18.0 Å². The molecule has 1 aromatic heterocycles. The molecule has 0 aliphatic carbocycles. The van der Waals surface area contributed by atoms with Crippen molar-refractivity contribution in [3.8, 4) is 5.75 Å². The number of carbonyl (C=O) groups is 1. The molecule has 0 unspecified atom stereocenters. The maximum Gasteiger partial charge on any atom is 0.250 e. The van der Waals surface area contributed by atoms with Gasteiger partial charge in [0, 0.05) is 38.9 Å². The minimum absolute atomic E-state index is 0.106. The predicted octanol–water partition coefficient (Wildman–Crippen LogP) is 2.73. The van der Waals surface area contributed by atoms with Crippen molar-refractivity contribution in [2.24, 2.45) is 0 Å². The summed E-state index contributed by atoms with van der Waals surface area (Å²) in [4.78, 5) is 17.3. The van der Waals surface area contributed by atoms with Crippen LogP contribution in [0.5, 0.6) is 5.75 Å². The Balaban J connectivity index is 1.58. The van der Waals surface area contributed by atoms with Crippen molar-refractivity contribution in [1.29, 1.82) is 0 Å². The Hall–Kier alpha value is -1.86. The Labute approximate surface area is 162 Å². The smallest absolute Gasteiger partial charge is 0.250 e. The Morgan fingerprint density at radius 1 is 1.27 bits per heavy atom. The van der Waals surface area contributed by atoms with Crippen LogP contribution in [-0.2, 0) is 16.9 Å². The first kappa shape index (κ1) is 18.9. The Morgan fingerprint density at radius 2 is 2.00 bits per heavy atom. The maximum absolute atomic E-state index is 13.0. The molecule has 7 heteroatoms. The van der Waals surface area contributed by atoms with E-state index in [2.05, 4.69) is 38.1 Å². The number of halogens is 1. The van der Waals surface area contributed by atoms with Crippen molar-refractivity contribution in [1.82, 2.24) is 19.6 Å². The van der Waals surface area contributed by atoms with Crippen LogP contribution < -0.4 is 4.74 Å². The number of ether oxygens (including phenoxy) is 1.